The molecular weight excluding hydrogens is 216 g/mol. The number of nitrogen functional groups attached to an aromatic ring is 1. The summed E-state index contributed by atoms with van der Waals surface area (Å²) in [5, 5.41) is 0. The van der Waals surface area contributed by atoms with E-state index in [1.807, 2.05) is 6.92 Å². The topological polar surface area (TPSA) is 73.9 Å². The van der Waals surface area contributed by atoms with Gasteiger partial charge in [0.1, 0.15) is 11.4 Å². The van der Waals surface area contributed by atoms with Gasteiger partial charge < -0.3 is 10.5 Å². The summed E-state index contributed by atoms with van der Waals surface area (Å²) < 4.78 is 5.74. The number of hydrogen-bond donors (Lipinski definition) is 1. The van der Waals surface area contributed by atoms with Crippen LogP contribution in [0.4, 0.5) is 5.95 Å². The van der Waals surface area contributed by atoms with E-state index in [1.165, 1.54) is 0 Å². The second-order valence-corrected chi connectivity index (χ2v) is 5.77. The zero-order valence-electron chi connectivity index (χ0n) is 10.9. The lowest BCUT2D eigenvalue weighted by Crippen LogP contribution is -2.28. The number of nitrogens with zero attached hydrogens (tertiary/aromatic N) is 3. The Labute approximate surface area is 102 Å². The second-order valence-electron chi connectivity index (χ2n) is 5.77. The Kier molecular flexibility index (Phi) is 2.81. The van der Waals surface area contributed by atoms with Crippen LogP contribution in [-0.4, -0.2) is 21.6 Å². The molecule has 5 heteroatoms. The van der Waals surface area contributed by atoms with Crippen LogP contribution in [0.15, 0.2) is 0 Å². The minimum Gasteiger partial charge on any atom is -0.368 e. The van der Waals surface area contributed by atoms with E-state index < -0.39 is 5.60 Å². The fraction of sp³-hybridized carbons (Fsp3) is 0.750. The van der Waals surface area contributed by atoms with Crippen LogP contribution in [0.2, 0.25) is 0 Å². The average Bonchev–Trinajstić information content (AvgIpc) is 2.64. The van der Waals surface area contributed by atoms with Crippen LogP contribution in [0.1, 0.15) is 52.2 Å². The maximum absolute atomic E-state index is 5.76. The molecule has 0 spiro atoms. The van der Waals surface area contributed by atoms with Gasteiger partial charge in [0.15, 0.2) is 5.82 Å². The van der Waals surface area contributed by atoms with E-state index in [9.17, 15) is 0 Å². The highest BCUT2D eigenvalue weighted by molar-refractivity contribution is 5.21. The molecule has 1 fully saturated rings. The monoisotopic (exact) mass is 236 g/mol. The lowest BCUT2D eigenvalue weighted by Gasteiger charge is -2.24. The van der Waals surface area contributed by atoms with E-state index in [0.29, 0.717) is 5.82 Å². The van der Waals surface area contributed by atoms with Crippen molar-refractivity contribution < 1.29 is 4.74 Å². The highest BCUT2D eigenvalue weighted by atomic mass is 16.5. The molecule has 2 heterocycles. The van der Waals surface area contributed by atoms with Gasteiger partial charge in [-0.3, -0.25) is 0 Å². The molecule has 0 radical (unpaired) electrons. The SMILES string of the molecule is CC(C)(C)c1nc(N)nc(C2(C)CCCO2)n1. The highest BCUT2D eigenvalue weighted by Crippen LogP contribution is 2.34. The normalized spacial score (nSPS) is 25.2. The third kappa shape index (κ3) is 2.39. The van der Waals surface area contributed by atoms with Crippen LogP contribution in [-0.2, 0) is 15.8 Å². The lowest BCUT2D eigenvalue weighted by atomic mass is 9.95. The van der Waals surface area contributed by atoms with Gasteiger partial charge in [-0.25, -0.2) is 4.98 Å². The van der Waals surface area contributed by atoms with Crippen molar-refractivity contribution in [1.29, 1.82) is 0 Å². The molecule has 1 aromatic heterocycles. The van der Waals surface area contributed by atoms with Crippen molar-refractivity contribution in [3.05, 3.63) is 11.6 Å². The quantitative estimate of drug-likeness (QED) is 0.804. The summed E-state index contributed by atoms with van der Waals surface area (Å²) in [5.41, 5.74) is 5.22. The van der Waals surface area contributed by atoms with E-state index in [-0.39, 0.29) is 11.4 Å². The molecule has 1 aliphatic heterocycles. The molecular formula is C12H20N4O. The van der Waals surface area contributed by atoms with E-state index in [0.717, 1.165) is 25.3 Å². The predicted molar refractivity (Wildman–Crippen MR) is 65.5 cm³/mol. The Morgan fingerprint density at radius 1 is 1.24 bits per heavy atom. The fourth-order valence-electron chi connectivity index (χ4n) is 1.92. The van der Waals surface area contributed by atoms with Gasteiger partial charge in [-0.2, -0.15) is 9.97 Å². The first kappa shape index (κ1) is 12.2. The van der Waals surface area contributed by atoms with Crippen molar-refractivity contribution in [3.63, 3.8) is 0 Å². The van der Waals surface area contributed by atoms with Crippen molar-refractivity contribution in [2.45, 2.75) is 51.6 Å². The molecule has 2 rings (SSSR count). The van der Waals surface area contributed by atoms with E-state index >= 15 is 0 Å². The van der Waals surface area contributed by atoms with E-state index in [1.54, 1.807) is 0 Å². The largest absolute Gasteiger partial charge is 0.368 e. The van der Waals surface area contributed by atoms with Crippen molar-refractivity contribution in [1.82, 2.24) is 15.0 Å². The maximum atomic E-state index is 5.76. The molecule has 1 aliphatic rings. The van der Waals surface area contributed by atoms with Crippen molar-refractivity contribution in [2.75, 3.05) is 12.3 Å². The van der Waals surface area contributed by atoms with Crippen LogP contribution in [0.25, 0.3) is 0 Å². The van der Waals surface area contributed by atoms with Gasteiger partial charge in [-0.15, -0.1) is 0 Å². The Bertz CT molecular complexity index is 419. The second kappa shape index (κ2) is 3.91. The first-order chi connectivity index (χ1) is 7.81. The molecule has 1 atom stereocenters. The van der Waals surface area contributed by atoms with Crippen LogP contribution in [0.3, 0.4) is 0 Å². The minimum atomic E-state index is -0.406. The van der Waals surface area contributed by atoms with Crippen LogP contribution in [0, 0.1) is 0 Å². The van der Waals surface area contributed by atoms with Gasteiger partial charge in [0.05, 0.1) is 0 Å². The van der Waals surface area contributed by atoms with Crippen LogP contribution in [0.5, 0.6) is 0 Å². The van der Waals surface area contributed by atoms with Gasteiger partial charge >= 0.3 is 0 Å². The standard InChI is InChI=1S/C12H20N4O/c1-11(2,3)8-14-9(16-10(13)15-8)12(4)6-5-7-17-12/h5-7H2,1-4H3,(H2,13,14,15,16). The number of nitrogens with two attached hydrogens (primary N) is 1. The molecule has 1 aromatic rings. The van der Waals surface area contributed by atoms with Crippen molar-refractivity contribution >= 4 is 5.95 Å². The summed E-state index contributed by atoms with van der Waals surface area (Å²) in [5.74, 6) is 1.65. The van der Waals surface area contributed by atoms with Gasteiger partial charge in [-0.05, 0) is 19.8 Å². The van der Waals surface area contributed by atoms with Gasteiger partial charge in [0.2, 0.25) is 5.95 Å². The molecule has 1 saturated heterocycles. The minimum absolute atomic E-state index is 0.138. The van der Waals surface area contributed by atoms with Gasteiger partial charge in [-0.1, -0.05) is 20.8 Å². The molecule has 0 aromatic carbocycles. The number of aromatic nitrogens is 3. The van der Waals surface area contributed by atoms with Crippen LogP contribution < -0.4 is 5.73 Å². The maximum Gasteiger partial charge on any atom is 0.223 e. The average molecular weight is 236 g/mol. The lowest BCUT2D eigenvalue weighted by molar-refractivity contribution is 0.00891. The molecule has 0 aliphatic carbocycles. The van der Waals surface area contributed by atoms with E-state index in [4.69, 9.17) is 10.5 Å². The Hall–Kier alpha value is -1.23. The molecule has 94 valence electrons. The first-order valence-electron chi connectivity index (χ1n) is 5.98. The number of anilines is 1. The number of rotatable bonds is 1. The number of hydrogen-bond acceptors (Lipinski definition) is 5. The summed E-state index contributed by atoms with van der Waals surface area (Å²) in [6.07, 6.45) is 1.97. The first-order valence-corrected chi connectivity index (χ1v) is 5.98. The molecule has 0 saturated carbocycles. The summed E-state index contributed by atoms with van der Waals surface area (Å²) >= 11 is 0. The summed E-state index contributed by atoms with van der Waals surface area (Å²) in [6.45, 7) is 8.95. The summed E-state index contributed by atoms with van der Waals surface area (Å²) in [7, 11) is 0. The molecule has 5 nitrogen and oxygen atoms in total. The zero-order chi connectivity index (χ0) is 12.7. The van der Waals surface area contributed by atoms with Crippen LogP contribution >= 0.6 is 0 Å². The molecule has 2 N–H and O–H groups in total. The number of ether oxygens (including phenoxy) is 1. The van der Waals surface area contributed by atoms with Gasteiger partial charge in [0, 0.05) is 12.0 Å². The predicted octanol–water partition coefficient (Wildman–Crippen LogP) is 1.78. The van der Waals surface area contributed by atoms with E-state index in [2.05, 4.69) is 35.7 Å². The summed E-state index contributed by atoms with van der Waals surface area (Å²) in [6, 6.07) is 0. The highest BCUT2D eigenvalue weighted by Gasteiger charge is 2.36. The fourth-order valence-corrected chi connectivity index (χ4v) is 1.92. The third-order valence-electron chi connectivity index (χ3n) is 3.02. The smallest absolute Gasteiger partial charge is 0.223 e. The molecule has 17 heavy (non-hydrogen) atoms. The Balaban J connectivity index is 2.45. The molecule has 0 bridgehead atoms. The Morgan fingerprint density at radius 3 is 2.47 bits per heavy atom. The Morgan fingerprint density at radius 2 is 1.94 bits per heavy atom. The third-order valence-corrected chi connectivity index (χ3v) is 3.02. The van der Waals surface area contributed by atoms with Crippen molar-refractivity contribution in [2.24, 2.45) is 0 Å². The summed E-state index contributed by atoms with van der Waals surface area (Å²) in [4.78, 5) is 13.0. The molecule has 0 amide bonds. The molecule has 1 unspecified atom stereocenters. The zero-order valence-corrected chi connectivity index (χ0v) is 10.9. The van der Waals surface area contributed by atoms with Crippen molar-refractivity contribution in [3.8, 4) is 0 Å². The van der Waals surface area contributed by atoms with Gasteiger partial charge in [0.25, 0.3) is 0 Å².